The summed E-state index contributed by atoms with van der Waals surface area (Å²) in [6.45, 7) is 1.41. The molecule has 0 aliphatic rings. The highest BCUT2D eigenvalue weighted by atomic mass is 35.5. The fourth-order valence-electron chi connectivity index (χ4n) is 0.738. The van der Waals surface area contributed by atoms with Gasteiger partial charge in [0.15, 0.2) is 0 Å². The van der Waals surface area contributed by atoms with Crippen LogP contribution in [0.1, 0.15) is 17.9 Å². The lowest BCUT2D eigenvalue weighted by atomic mass is 10.4. The van der Waals surface area contributed by atoms with E-state index in [2.05, 4.69) is 9.97 Å². The molecule has 0 amide bonds. The molecule has 0 saturated heterocycles. The van der Waals surface area contributed by atoms with E-state index < -0.39 is 22.7 Å². The third-order valence-electron chi connectivity index (χ3n) is 1.21. The highest BCUT2D eigenvalue weighted by Crippen LogP contribution is 2.21. The molecular formula is C6H5ClF2N2O. The number of aryl methyl sites for hydroxylation is 1. The van der Waals surface area contributed by atoms with Crippen molar-refractivity contribution in [3.8, 4) is 0 Å². The van der Waals surface area contributed by atoms with E-state index in [1.165, 1.54) is 6.92 Å². The van der Waals surface area contributed by atoms with Crippen LogP contribution in [-0.2, 0) is 0 Å². The minimum Gasteiger partial charge on any atom is -0.309 e. The molecule has 1 heterocycles. The Kier molecular flexibility index (Phi) is 2.42. The summed E-state index contributed by atoms with van der Waals surface area (Å²) in [4.78, 5) is 16.4. The van der Waals surface area contributed by atoms with Crippen LogP contribution in [0.3, 0.4) is 0 Å². The summed E-state index contributed by atoms with van der Waals surface area (Å²) < 4.78 is 24.2. The molecule has 0 fully saturated rings. The Morgan fingerprint density at radius 1 is 1.58 bits per heavy atom. The van der Waals surface area contributed by atoms with Gasteiger partial charge in [0.1, 0.15) is 16.5 Å². The van der Waals surface area contributed by atoms with Crippen molar-refractivity contribution in [1.29, 1.82) is 0 Å². The van der Waals surface area contributed by atoms with Gasteiger partial charge in [0.05, 0.1) is 0 Å². The summed E-state index contributed by atoms with van der Waals surface area (Å²) >= 11 is 5.27. The summed E-state index contributed by atoms with van der Waals surface area (Å²) in [5.41, 5.74) is -1.41. The van der Waals surface area contributed by atoms with Crippen molar-refractivity contribution in [2.75, 3.05) is 0 Å². The van der Waals surface area contributed by atoms with Crippen molar-refractivity contribution >= 4 is 11.6 Å². The molecule has 3 nitrogen and oxygen atoms in total. The first-order valence-electron chi connectivity index (χ1n) is 3.07. The van der Waals surface area contributed by atoms with E-state index in [1.54, 1.807) is 0 Å². The smallest absolute Gasteiger partial charge is 0.282 e. The predicted molar refractivity (Wildman–Crippen MR) is 39.6 cm³/mol. The standard InChI is InChI=1S/C6H5ClF2N2O/c1-2-10-4(5(8)9)3(7)6(12)11-2/h5H,1H3,(H,10,11,12). The number of alkyl halides is 2. The fraction of sp³-hybridized carbons (Fsp3) is 0.333. The van der Waals surface area contributed by atoms with E-state index in [-0.39, 0.29) is 5.82 Å². The average Bonchev–Trinajstić information content (AvgIpc) is 1.96. The lowest BCUT2D eigenvalue weighted by Crippen LogP contribution is -2.13. The van der Waals surface area contributed by atoms with E-state index in [0.29, 0.717) is 0 Å². The Bertz CT molecular complexity index is 350. The molecular weight excluding hydrogens is 190 g/mol. The second-order valence-corrected chi connectivity index (χ2v) is 2.53. The Balaban J connectivity index is 3.38. The first-order valence-corrected chi connectivity index (χ1v) is 3.44. The fourth-order valence-corrected chi connectivity index (χ4v) is 0.910. The van der Waals surface area contributed by atoms with Crippen LogP contribution >= 0.6 is 11.6 Å². The Hall–Kier alpha value is -0.970. The van der Waals surface area contributed by atoms with Gasteiger partial charge in [-0.2, -0.15) is 0 Å². The van der Waals surface area contributed by atoms with E-state index >= 15 is 0 Å². The minimum absolute atomic E-state index is 0.125. The molecule has 0 unspecified atom stereocenters. The van der Waals surface area contributed by atoms with Gasteiger partial charge in [-0.15, -0.1) is 0 Å². The van der Waals surface area contributed by atoms with Gasteiger partial charge in [-0.05, 0) is 6.92 Å². The molecule has 0 atom stereocenters. The second-order valence-electron chi connectivity index (χ2n) is 2.15. The number of H-pyrrole nitrogens is 1. The molecule has 0 bridgehead atoms. The summed E-state index contributed by atoms with van der Waals surface area (Å²) in [7, 11) is 0. The predicted octanol–water partition coefficient (Wildman–Crippen LogP) is 1.67. The van der Waals surface area contributed by atoms with Crippen LogP contribution in [0, 0.1) is 6.92 Å². The molecule has 1 aromatic heterocycles. The van der Waals surface area contributed by atoms with Crippen molar-refractivity contribution in [3.63, 3.8) is 0 Å². The summed E-state index contributed by atoms with van der Waals surface area (Å²) in [5.74, 6) is 0.125. The van der Waals surface area contributed by atoms with Crippen molar-refractivity contribution in [2.24, 2.45) is 0 Å². The van der Waals surface area contributed by atoms with Gasteiger partial charge in [0.25, 0.3) is 12.0 Å². The third-order valence-corrected chi connectivity index (χ3v) is 1.58. The number of hydrogen-bond donors (Lipinski definition) is 1. The molecule has 0 radical (unpaired) electrons. The topological polar surface area (TPSA) is 45.8 Å². The van der Waals surface area contributed by atoms with Gasteiger partial charge in [-0.25, -0.2) is 13.8 Å². The lowest BCUT2D eigenvalue weighted by Gasteiger charge is -2.01. The van der Waals surface area contributed by atoms with E-state index in [0.717, 1.165) is 0 Å². The van der Waals surface area contributed by atoms with Gasteiger partial charge >= 0.3 is 0 Å². The summed E-state index contributed by atoms with van der Waals surface area (Å²) in [5, 5.41) is -0.546. The van der Waals surface area contributed by atoms with Crippen molar-refractivity contribution in [2.45, 2.75) is 13.3 Å². The third kappa shape index (κ3) is 1.61. The number of halogens is 3. The van der Waals surface area contributed by atoms with Gasteiger partial charge in [-0.1, -0.05) is 11.6 Å². The van der Waals surface area contributed by atoms with Crippen LogP contribution < -0.4 is 5.56 Å². The van der Waals surface area contributed by atoms with Gasteiger partial charge in [0, 0.05) is 0 Å². The first kappa shape index (κ1) is 9.12. The van der Waals surface area contributed by atoms with Gasteiger partial charge < -0.3 is 4.98 Å². The zero-order chi connectivity index (χ0) is 9.30. The molecule has 66 valence electrons. The molecule has 0 saturated carbocycles. The Labute approximate surface area is 71.4 Å². The Morgan fingerprint density at radius 2 is 2.17 bits per heavy atom. The number of nitrogens with zero attached hydrogens (tertiary/aromatic N) is 1. The second kappa shape index (κ2) is 3.18. The zero-order valence-corrected chi connectivity index (χ0v) is 6.82. The first-order chi connectivity index (χ1) is 5.52. The SMILES string of the molecule is Cc1nc(C(F)F)c(Cl)c(=O)[nH]1. The van der Waals surface area contributed by atoms with Gasteiger partial charge in [-0.3, -0.25) is 4.79 Å². The molecule has 0 aromatic carbocycles. The van der Waals surface area contributed by atoms with E-state index in [9.17, 15) is 13.6 Å². The van der Waals surface area contributed by atoms with Crippen LogP contribution in [-0.4, -0.2) is 9.97 Å². The lowest BCUT2D eigenvalue weighted by molar-refractivity contribution is 0.145. The minimum atomic E-state index is -2.82. The van der Waals surface area contributed by atoms with Crippen molar-refractivity contribution in [3.05, 3.63) is 26.9 Å². The number of aromatic amines is 1. The van der Waals surface area contributed by atoms with Gasteiger partial charge in [0.2, 0.25) is 0 Å². The quantitative estimate of drug-likeness (QED) is 0.739. The summed E-state index contributed by atoms with van der Waals surface area (Å²) in [6.07, 6.45) is -2.82. The molecule has 0 aliphatic heterocycles. The van der Waals surface area contributed by atoms with Crippen molar-refractivity contribution in [1.82, 2.24) is 9.97 Å². The number of rotatable bonds is 1. The number of hydrogen-bond acceptors (Lipinski definition) is 2. The number of aromatic nitrogens is 2. The molecule has 12 heavy (non-hydrogen) atoms. The maximum Gasteiger partial charge on any atom is 0.282 e. The molecule has 0 spiro atoms. The van der Waals surface area contributed by atoms with Crippen LogP contribution in [0.2, 0.25) is 5.02 Å². The molecule has 0 aliphatic carbocycles. The molecule has 1 aromatic rings. The molecule has 1 rings (SSSR count). The average molecular weight is 195 g/mol. The maximum absolute atomic E-state index is 12.1. The van der Waals surface area contributed by atoms with Crippen LogP contribution in [0.15, 0.2) is 4.79 Å². The largest absolute Gasteiger partial charge is 0.309 e. The summed E-state index contributed by atoms with van der Waals surface area (Å²) in [6, 6.07) is 0. The maximum atomic E-state index is 12.1. The highest BCUT2D eigenvalue weighted by molar-refractivity contribution is 6.31. The molecule has 6 heteroatoms. The normalized spacial score (nSPS) is 10.8. The van der Waals surface area contributed by atoms with E-state index in [4.69, 9.17) is 11.6 Å². The van der Waals surface area contributed by atoms with E-state index in [1.807, 2.05) is 0 Å². The molecule has 1 N–H and O–H groups in total. The van der Waals surface area contributed by atoms with Crippen LogP contribution in [0.5, 0.6) is 0 Å². The number of nitrogens with one attached hydrogen (secondary N) is 1. The zero-order valence-electron chi connectivity index (χ0n) is 6.07. The van der Waals surface area contributed by atoms with Crippen LogP contribution in [0.4, 0.5) is 8.78 Å². The Morgan fingerprint density at radius 3 is 2.67 bits per heavy atom. The van der Waals surface area contributed by atoms with Crippen molar-refractivity contribution < 1.29 is 8.78 Å². The van der Waals surface area contributed by atoms with Crippen LogP contribution in [0.25, 0.3) is 0 Å². The highest BCUT2D eigenvalue weighted by Gasteiger charge is 2.16. The monoisotopic (exact) mass is 194 g/mol.